The topological polar surface area (TPSA) is 48.0 Å². The Labute approximate surface area is 157 Å². The average Bonchev–Trinajstić information content (AvgIpc) is 2.97. The average molecular weight is 360 g/mol. The number of halogens is 1. The maximum Gasteiger partial charge on any atom is 0.249 e. The van der Waals surface area contributed by atoms with Gasteiger partial charge in [0.15, 0.2) is 0 Å². The highest BCUT2D eigenvalue weighted by Gasteiger charge is 2.16. The molecule has 3 aromatic carbocycles. The van der Waals surface area contributed by atoms with E-state index in [2.05, 4.69) is 29.7 Å². The van der Waals surface area contributed by atoms with Crippen LogP contribution in [0.15, 0.2) is 60.7 Å². The predicted molar refractivity (Wildman–Crippen MR) is 107 cm³/mol. The zero-order valence-corrected chi connectivity index (χ0v) is 15.2. The van der Waals surface area contributed by atoms with Gasteiger partial charge in [-0.25, -0.2) is 4.39 Å². The van der Waals surface area contributed by atoms with Crippen molar-refractivity contribution in [3.63, 3.8) is 0 Å². The Balaban J connectivity index is 2.00. The lowest BCUT2D eigenvalue weighted by Gasteiger charge is -2.09. The fourth-order valence-corrected chi connectivity index (χ4v) is 3.78. The lowest BCUT2D eigenvalue weighted by atomic mass is 10.0. The molecule has 0 bridgehead atoms. The van der Waals surface area contributed by atoms with Crippen LogP contribution in [0.4, 0.5) is 4.39 Å². The fourth-order valence-electron chi connectivity index (χ4n) is 3.78. The molecule has 0 aliphatic carbocycles. The van der Waals surface area contributed by atoms with E-state index < -0.39 is 5.91 Å². The van der Waals surface area contributed by atoms with Crippen LogP contribution in [0.2, 0.25) is 0 Å². The SMILES string of the molecule is CCCc1ccc2c3c(C(N)=O)cccc3n(Cc3ccc(F)cc3)c2c1. The van der Waals surface area contributed by atoms with Crippen molar-refractivity contribution in [3.8, 4) is 0 Å². The molecular formula is C23H21FN2O. The van der Waals surface area contributed by atoms with Crippen molar-refractivity contribution in [2.24, 2.45) is 5.73 Å². The monoisotopic (exact) mass is 360 g/mol. The molecule has 0 radical (unpaired) electrons. The van der Waals surface area contributed by atoms with Crippen molar-refractivity contribution in [1.29, 1.82) is 0 Å². The number of hydrogen-bond donors (Lipinski definition) is 1. The second-order valence-electron chi connectivity index (χ2n) is 6.88. The molecule has 0 aliphatic rings. The molecule has 2 N–H and O–H groups in total. The third-order valence-corrected chi connectivity index (χ3v) is 5.01. The number of aromatic nitrogens is 1. The van der Waals surface area contributed by atoms with Crippen molar-refractivity contribution in [1.82, 2.24) is 4.57 Å². The lowest BCUT2D eigenvalue weighted by Crippen LogP contribution is -2.11. The Bertz CT molecular complexity index is 1140. The zero-order valence-electron chi connectivity index (χ0n) is 15.2. The van der Waals surface area contributed by atoms with Gasteiger partial charge in [0, 0.05) is 28.4 Å². The summed E-state index contributed by atoms with van der Waals surface area (Å²) in [6.07, 6.45) is 2.06. The quantitative estimate of drug-likeness (QED) is 0.533. The highest BCUT2D eigenvalue weighted by molar-refractivity contribution is 6.17. The van der Waals surface area contributed by atoms with E-state index in [9.17, 15) is 9.18 Å². The molecule has 0 saturated carbocycles. The van der Waals surface area contributed by atoms with Crippen LogP contribution in [0.1, 0.15) is 34.8 Å². The largest absolute Gasteiger partial charge is 0.366 e. The van der Waals surface area contributed by atoms with Gasteiger partial charge in [0.1, 0.15) is 5.82 Å². The molecule has 1 aromatic heterocycles. The number of carbonyl (C=O) groups is 1. The van der Waals surface area contributed by atoms with Crippen LogP contribution in [-0.2, 0) is 13.0 Å². The van der Waals surface area contributed by atoms with Gasteiger partial charge in [0.25, 0.3) is 0 Å². The van der Waals surface area contributed by atoms with E-state index >= 15 is 0 Å². The summed E-state index contributed by atoms with van der Waals surface area (Å²) in [6.45, 7) is 2.75. The van der Waals surface area contributed by atoms with E-state index in [0.717, 1.165) is 40.2 Å². The first-order valence-electron chi connectivity index (χ1n) is 9.16. The molecule has 4 heteroatoms. The van der Waals surface area contributed by atoms with Crippen LogP contribution in [0.25, 0.3) is 21.8 Å². The molecular weight excluding hydrogens is 339 g/mol. The third kappa shape index (κ3) is 3.08. The first-order chi connectivity index (χ1) is 13.1. The van der Waals surface area contributed by atoms with E-state index in [1.807, 2.05) is 12.1 Å². The van der Waals surface area contributed by atoms with E-state index in [-0.39, 0.29) is 5.82 Å². The molecule has 1 heterocycles. The number of aryl methyl sites for hydroxylation is 1. The fraction of sp³-hybridized carbons (Fsp3) is 0.174. The van der Waals surface area contributed by atoms with Crippen molar-refractivity contribution in [3.05, 3.63) is 83.2 Å². The molecule has 4 aromatic rings. The molecule has 0 atom stereocenters. The van der Waals surface area contributed by atoms with Crippen molar-refractivity contribution < 1.29 is 9.18 Å². The summed E-state index contributed by atoms with van der Waals surface area (Å²) in [5.41, 5.74) is 10.4. The number of carbonyl (C=O) groups excluding carboxylic acids is 1. The van der Waals surface area contributed by atoms with Crippen LogP contribution in [0.3, 0.4) is 0 Å². The van der Waals surface area contributed by atoms with Crippen LogP contribution in [0.5, 0.6) is 0 Å². The smallest absolute Gasteiger partial charge is 0.249 e. The second-order valence-corrected chi connectivity index (χ2v) is 6.88. The highest BCUT2D eigenvalue weighted by Crippen LogP contribution is 2.33. The van der Waals surface area contributed by atoms with E-state index in [1.165, 1.54) is 17.7 Å². The zero-order chi connectivity index (χ0) is 19.0. The van der Waals surface area contributed by atoms with Crippen LogP contribution in [0, 0.1) is 5.82 Å². The highest BCUT2D eigenvalue weighted by atomic mass is 19.1. The summed E-state index contributed by atoms with van der Waals surface area (Å²) in [7, 11) is 0. The maximum atomic E-state index is 13.3. The molecule has 0 spiro atoms. The summed E-state index contributed by atoms with van der Waals surface area (Å²) >= 11 is 0. The van der Waals surface area contributed by atoms with Crippen molar-refractivity contribution in [2.75, 3.05) is 0 Å². The number of fused-ring (bicyclic) bond motifs is 3. The Morgan fingerprint density at radius 2 is 1.74 bits per heavy atom. The number of nitrogens with zero attached hydrogens (tertiary/aromatic N) is 1. The predicted octanol–water partition coefficient (Wildman–Crippen LogP) is 5.03. The first-order valence-corrected chi connectivity index (χ1v) is 9.16. The minimum absolute atomic E-state index is 0.248. The van der Waals surface area contributed by atoms with Crippen LogP contribution < -0.4 is 5.73 Å². The Hall–Kier alpha value is -3.14. The molecule has 0 aliphatic heterocycles. The van der Waals surface area contributed by atoms with E-state index in [1.54, 1.807) is 18.2 Å². The van der Waals surface area contributed by atoms with Crippen LogP contribution in [-0.4, -0.2) is 10.5 Å². The molecule has 27 heavy (non-hydrogen) atoms. The molecule has 4 rings (SSSR count). The Morgan fingerprint density at radius 3 is 2.44 bits per heavy atom. The first kappa shape index (κ1) is 17.3. The number of nitrogens with two attached hydrogens (primary N) is 1. The molecule has 1 amide bonds. The van der Waals surface area contributed by atoms with Gasteiger partial charge >= 0.3 is 0 Å². The number of primary amides is 1. The van der Waals surface area contributed by atoms with Gasteiger partial charge in [0.2, 0.25) is 5.91 Å². The normalized spacial score (nSPS) is 11.3. The van der Waals surface area contributed by atoms with Gasteiger partial charge in [0.05, 0.1) is 5.52 Å². The second kappa shape index (κ2) is 6.88. The molecule has 3 nitrogen and oxygen atoms in total. The van der Waals surface area contributed by atoms with Gasteiger partial charge in [-0.1, -0.05) is 43.7 Å². The Morgan fingerprint density at radius 1 is 1.00 bits per heavy atom. The Kier molecular flexibility index (Phi) is 4.40. The molecule has 136 valence electrons. The van der Waals surface area contributed by atoms with Gasteiger partial charge in [-0.3, -0.25) is 4.79 Å². The van der Waals surface area contributed by atoms with Crippen molar-refractivity contribution >= 4 is 27.7 Å². The number of rotatable bonds is 5. The summed E-state index contributed by atoms with van der Waals surface area (Å²) < 4.78 is 15.5. The summed E-state index contributed by atoms with van der Waals surface area (Å²) in [5.74, 6) is -0.679. The van der Waals surface area contributed by atoms with Gasteiger partial charge in [-0.05, 0) is 47.9 Å². The standard InChI is InChI=1S/C23H21FN2O/c1-2-4-15-9-12-18-21(13-15)26(14-16-7-10-17(24)11-8-16)20-6-3-5-19(22(18)20)23(25)27/h3,5-13H,2,4,14H2,1H3,(H2,25,27). The molecule has 0 fully saturated rings. The summed E-state index contributed by atoms with van der Waals surface area (Å²) in [6, 6.07) is 18.5. The van der Waals surface area contributed by atoms with Gasteiger partial charge in [-0.2, -0.15) is 0 Å². The van der Waals surface area contributed by atoms with Crippen molar-refractivity contribution in [2.45, 2.75) is 26.3 Å². The number of benzene rings is 3. The van der Waals surface area contributed by atoms with Gasteiger partial charge < -0.3 is 10.3 Å². The minimum Gasteiger partial charge on any atom is -0.366 e. The molecule has 0 unspecified atom stereocenters. The van der Waals surface area contributed by atoms with E-state index in [4.69, 9.17) is 5.73 Å². The third-order valence-electron chi connectivity index (χ3n) is 5.01. The minimum atomic E-state index is -0.431. The number of hydrogen-bond acceptors (Lipinski definition) is 1. The lowest BCUT2D eigenvalue weighted by molar-refractivity contribution is 0.100. The van der Waals surface area contributed by atoms with E-state index in [0.29, 0.717) is 12.1 Å². The molecule has 0 saturated heterocycles. The summed E-state index contributed by atoms with van der Waals surface area (Å²) in [5, 5.41) is 1.89. The van der Waals surface area contributed by atoms with Gasteiger partial charge in [-0.15, -0.1) is 0 Å². The summed E-state index contributed by atoms with van der Waals surface area (Å²) in [4.78, 5) is 12.0. The number of amides is 1. The van der Waals surface area contributed by atoms with Crippen LogP contribution >= 0.6 is 0 Å². The maximum absolute atomic E-state index is 13.3.